The molecule has 0 aromatic rings. The Hall–Kier alpha value is -0.500. The van der Waals surface area contributed by atoms with E-state index in [9.17, 15) is 0 Å². The highest BCUT2D eigenvalue weighted by molar-refractivity contribution is 5.10. The Morgan fingerprint density at radius 2 is 2.15 bits per heavy atom. The summed E-state index contributed by atoms with van der Waals surface area (Å²) in [6.07, 6.45) is 3.29. The van der Waals surface area contributed by atoms with Crippen molar-refractivity contribution in [3.8, 4) is 0 Å². The molecule has 0 bridgehead atoms. The van der Waals surface area contributed by atoms with Gasteiger partial charge in [-0.15, -0.1) is 0 Å². The molecule has 0 saturated heterocycles. The highest BCUT2D eigenvalue weighted by Gasteiger charge is 2.24. The highest BCUT2D eigenvalue weighted by atomic mass is 16.3. The van der Waals surface area contributed by atoms with E-state index in [2.05, 4.69) is 38.8 Å². The molecular formula is C11H21NO. The molecule has 2 nitrogen and oxygen atoms in total. The standard InChI is InChI=1S/C11H21NO/c1-9-5-6-12(11(2,3)4)7-10(9)8-13/h7,9,13H,5-6,8H2,1-4H3. The van der Waals surface area contributed by atoms with Crippen molar-refractivity contribution in [2.24, 2.45) is 5.92 Å². The first kappa shape index (κ1) is 10.6. The van der Waals surface area contributed by atoms with Gasteiger partial charge >= 0.3 is 0 Å². The summed E-state index contributed by atoms with van der Waals surface area (Å²) in [5.41, 5.74) is 1.35. The minimum absolute atomic E-state index is 0.181. The lowest BCUT2D eigenvalue weighted by molar-refractivity contribution is 0.173. The van der Waals surface area contributed by atoms with Crippen molar-refractivity contribution >= 4 is 0 Å². The van der Waals surface area contributed by atoms with E-state index in [-0.39, 0.29) is 12.1 Å². The number of aliphatic hydroxyl groups is 1. The van der Waals surface area contributed by atoms with Crippen LogP contribution in [-0.2, 0) is 0 Å². The van der Waals surface area contributed by atoms with Crippen molar-refractivity contribution in [3.63, 3.8) is 0 Å². The van der Waals surface area contributed by atoms with Crippen LogP contribution in [0.4, 0.5) is 0 Å². The molecule has 2 heteroatoms. The quantitative estimate of drug-likeness (QED) is 0.672. The number of aliphatic hydroxyl groups excluding tert-OH is 1. The van der Waals surface area contributed by atoms with Gasteiger partial charge in [-0.25, -0.2) is 0 Å². The molecule has 1 aliphatic heterocycles. The van der Waals surface area contributed by atoms with Crippen LogP contribution in [0.1, 0.15) is 34.1 Å². The summed E-state index contributed by atoms with van der Waals surface area (Å²) in [5, 5.41) is 9.15. The first-order chi connectivity index (χ1) is 5.95. The Morgan fingerprint density at radius 3 is 2.62 bits per heavy atom. The lowest BCUT2D eigenvalue weighted by Crippen LogP contribution is -2.41. The Labute approximate surface area is 81.2 Å². The van der Waals surface area contributed by atoms with E-state index in [4.69, 9.17) is 5.11 Å². The Kier molecular flexibility index (Phi) is 3.01. The van der Waals surface area contributed by atoms with E-state index in [1.54, 1.807) is 0 Å². The molecule has 0 spiro atoms. The van der Waals surface area contributed by atoms with Gasteiger partial charge in [-0.05, 0) is 38.7 Å². The van der Waals surface area contributed by atoms with Crippen LogP contribution < -0.4 is 0 Å². The second-order valence-corrected chi connectivity index (χ2v) is 4.92. The Bertz CT molecular complexity index is 203. The molecule has 0 aliphatic carbocycles. The predicted octanol–water partition coefficient (Wildman–Crippen LogP) is 2.00. The summed E-state index contributed by atoms with van der Waals surface area (Å²) in [5.74, 6) is 0.545. The molecule has 1 heterocycles. The van der Waals surface area contributed by atoms with Crippen LogP contribution in [0, 0.1) is 5.92 Å². The number of hydrogen-bond acceptors (Lipinski definition) is 2. The van der Waals surface area contributed by atoms with Crippen molar-refractivity contribution in [1.29, 1.82) is 0 Å². The lowest BCUT2D eigenvalue weighted by Gasteiger charge is -2.39. The monoisotopic (exact) mass is 183 g/mol. The maximum atomic E-state index is 9.15. The topological polar surface area (TPSA) is 23.5 Å². The summed E-state index contributed by atoms with van der Waals surface area (Å²) in [6, 6.07) is 0. The molecule has 0 fully saturated rings. The van der Waals surface area contributed by atoms with Gasteiger partial charge in [0, 0.05) is 18.3 Å². The summed E-state index contributed by atoms with van der Waals surface area (Å²) in [6.45, 7) is 10.1. The average molecular weight is 183 g/mol. The van der Waals surface area contributed by atoms with E-state index in [0.29, 0.717) is 5.92 Å². The van der Waals surface area contributed by atoms with Gasteiger partial charge in [0.2, 0.25) is 0 Å². The van der Waals surface area contributed by atoms with Crippen molar-refractivity contribution < 1.29 is 5.11 Å². The molecule has 13 heavy (non-hydrogen) atoms. The van der Waals surface area contributed by atoms with E-state index < -0.39 is 0 Å². The SMILES string of the molecule is CC1CCN(C(C)(C)C)C=C1CO. The molecular weight excluding hydrogens is 162 g/mol. The minimum Gasteiger partial charge on any atom is -0.392 e. The maximum Gasteiger partial charge on any atom is 0.0661 e. The van der Waals surface area contributed by atoms with Crippen LogP contribution in [0.3, 0.4) is 0 Å². The van der Waals surface area contributed by atoms with E-state index in [0.717, 1.165) is 13.0 Å². The van der Waals surface area contributed by atoms with Crippen molar-refractivity contribution in [2.45, 2.75) is 39.7 Å². The molecule has 76 valence electrons. The number of nitrogens with zero attached hydrogens (tertiary/aromatic N) is 1. The maximum absolute atomic E-state index is 9.15. The summed E-state index contributed by atoms with van der Waals surface area (Å²) < 4.78 is 0. The fourth-order valence-electron chi connectivity index (χ4n) is 1.64. The van der Waals surface area contributed by atoms with Crippen LogP contribution in [0.5, 0.6) is 0 Å². The minimum atomic E-state index is 0.181. The molecule has 1 aliphatic rings. The Morgan fingerprint density at radius 1 is 1.54 bits per heavy atom. The molecule has 0 amide bonds. The first-order valence-electron chi connectivity index (χ1n) is 5.03. The zero-order valence-electron chi connectivity index (χ0n) is 9.17. The summed E-state index contributed by atoms with van der Waals surface area (Å²) in [7, 11) is 0. The molecule has 1 unspecified atom stereocenters. The zero-order valence-corrected chi connectivity index (χ0v) is 9.17. The van der Waals surface area contributed by atoms with Gasteiger partial charge < -0.3 is 10.0 Å². The fraction of sp³-hybridized carbons (Fsp3) is 0.818. The van der Waals surface area contributed by atoms with Gasteiger partial charge in [-0.2, -0.15) is 0 Å². The molecule has 1 atom stereocenters. The molecule has 1 N–H and O–H groups in total. The van der Waals surface area contributed by atoms with Crippen LogP contribution in [0.2, 0.25) is 0 Å². The second kappa shape index (κ2) is 3.70. The van der Waals surface area contributed by atoms with Crippen LogP contribution in [0.25, 0.3) is 0 Å². The van der Waals surface area contributed by atoms with Gasteiger partial charge in [-0.1, -0.05) is 6.92 Å². The van der Waals surface area contributed by atoms with Gasteiger partial charge in [0.1, 0.15) is 0 Å². The fourth-order valence-corrected chi connectivity index (χ4v) is 1.64. The lowest BCUT2D eigenvalue weighted by atomic mass is 9.93. The third-order valence-electron chi connectivity index (χ3n) is 2.80. The molecule has 0 radical (unpaired) electrons. The zero-order chi connectivity index (χ0) is 10.1. The van der Waals surface area contributed by atoms with Crippen LogP contribution in [-0.4, -0.2) is 28.7 Å². The third kappa shape index (κ3) is 2.47. The molecule has 0 aromatic heterocycles. The van der Waals surface area contributed by atoms with Gasteiger partial charge in [0.25, 0.3) is 0 Å². The summed E-state index contributed by atoms with van der Waals surface area (Å²) in [4.78, 5) is 2.32. The van der Waals surface area contributed by atoms with Crippen LogP contribution in [0.15, 0.2) is 11.8 Å². The van der Waals surface area contributed by atoms with Gasteiger partial charge in [-0.3, -0.25) is 0 Å². The van der Waals surface area contributed by atoms with E-state index in [1.165, 1.54) is 5.57 Å². The second-order valence-electron chi connectivity index (χ2n) is 4.92. The molecule has 0 saturated carbocycles. The number of hydrogen-bond donors (Lipinski definition) is 1. The van der Waals surface area contributed by atoms with E-state index in [1.807, 2.05) is 0 Å². The highest BCUT2D eigenvalue weighted by Crippen LogP contribution is 2.26. The largest absolute Gasteiger partial charge is 0.392 e. The van der Waals surface area contributed by atoms with Crippen molar-refractivity contribution in [1.82, 2.24) is 4.90 Å². The third-order valence-corrected chi connectivity index (χ3v) is 2.80. The normalized spacial score (nSPS) is 24.5. The van der Waals surface area contributed by atoms with E-state index >= 15 is 0 Å². The van der Waals surface area contributed by atoms with Gasteiger partial charge in [0.15, 0.2) is 0 Å². The van der Waals surface area contributed by atoms with Gasteiger partial charge in [0.05, 0.1) is 6.61 Å². The first-order valence-corrected chi connectivity index (χ1v) is 5.03. The molecule has 0 aromatic carbocycles. The predicted molar refractivity (Wildman–Crippen MR) is 55.4 cm³/mol. The molecule has 1 rings (SSSR count). The summed E-state index contributed by atoms with van der Waals surface area (Å²) >= 11 is 0. The number of rotatable bonds is 1. The smallest absolute Gasteiger partial charge is 0.0661 e. The van der Waals surface area contributed by atoms with Crippen molar-refractivity contribution in [3.05, 3.63) is 11.8 Å². The van der Waals surface area contributed by atoms with Crippen LogP contribution >= 0.6 is 0 Å². The Balaban J connectivity index is 2.77. The van der Waals surface area contributed by atoms with Crippen molar-refractivity contribution in [2.75, 3.05) is 13.2 Å². The average Bonchev–Trinajstić information content (AvgIpc) is 2.03.